The van der Waals surface area contributed by atoms with Crippen LogP contribution in [-0.2, 0) is 11.2 Å². The average molecular weight is 274 g/mol. The molecular weight excluding hydrogens is 252 g/mol. The Labute approximate surface area is 119 Å². The summed E-state index contributed by atoms with van der Waals surface area (Å²) >= 11 is 0. The van der Waals surface area contributed by atoms with Gasteiger partial charge >= 0.3 is 0 Å². The second-order valence-electron chi connectivity index (χ2n) is 5.78. The molecule has 1 aromatic rings. The third-order valence-electron chi connectivity index (χ3n) is 4.13. The number of ether oxygens (including phenoxy) is 1. The third-order valence-corrected chi connectivity index (χ3v) is 4.13. The largest absolute Gasteiger partial charge is 0.385 e. The molecule has 0 aliphatic carbocycles. The molecule has 1 fully saturated rings. The fourth-order valence-electron chi connectivity index (χ4n) is 3.01. The fourth-order valence-corrected chi connectivity index (χ4v) is 3.01. The van der Waals surface area contributed by atoms with Crippen LogP contribution in [0.3, 0.4) is 0 Å². The lowest BCUT2D eigenvalue weighted by Gasteiger charge is -2.28. The van der Waals surface area contributed by atoms with Gasteiger partial charge in [0.1, 0.15) is 0 Å². The summed E-state index contributed by atoms with van der Waals surface area (Å²) in [6.07, 6.45) is 4.23. The molecule has 1 amide bonds. The lowest BCUT2D eigenvalue weighted by atomic mass is 9.99. The van der Waals surface area contributed by atoms with Crippen molar-refractivity contribution in [2.24, 2.45) is 0 Å². The van der Waals surface area contributed by atoms with Gasteiger partial charge in [0.15, 0.2) is 0 Å². The predicted octanol–water partition coefficient (Wildman–Crippen LogP) is 2.34. The van der Waals surface area contributed by atoms with Gasteiger partial charge in [-0.05, 0) is 56.4 Å². The summed E-state index contributed by atoms with van der Waals surface area (Å²) in [6.45, 7) is 3.82. The number of nitrogens with one attached hydrogen (secondary N) is 2. The maximum absolute atomic E-state index is 12.3. The Bertz CT molecular complexity index is 501. The van der Waals surface area contributed by atoms with Crippen LogP contribution in [-0.4, -0.2) is 31.2 Å². The maximum atomic E-state index is 12.3. The van der Waals surface area contributed by atoms with Gasteiger partial charge in [0.25, 0.3) is 5.91 Å². The number of benzene rings is 1. The summed E-state index contributed by atoms with van der Waals surface area (Å²) in [5.41, 5.74) is 3.20. The molecule has 0 bridgehead atoms. The van der Waals surface area contributed by atoms with Gasteiger partial charge in [-0.25, -0.2) is 0 Å². The molecule has 1 saturated heterocycles. The highest BCUT2D eigenvalue weighted by Gasteiger charge is 2.21. The first-order valence-electron chi connectivity index (χ1n) is 7.51. The van der Waals surface area contributed by atoms with Crippen LogP contribution in [0.5, 0.6) is 0 Å². The van der Waals surface area contributed by atoms with E-state index >= 15 is 0 Å². The van der Waals surface area contributed by atoms with Crippen LogP contribution in [0, 0.1) is 0 Å². The van der Waals surface area contributed by atoms with E-state index in [1.165, 1.54) is 11.3 Å². The number of carbonyl (C=O) groups is 1. The molecule has 20 heavy (non-hydrogen) atoms. The van der Waals surface area contributed by atoms with E-state index in [2.05, 4.69) is 17.6 Å². The Kier molecular flexibility index (Phi) is 3.92. The van der Waals surface area contributed by atoms with Crippen molar-refractivity contribution < 1.29 is 9.53 Å². The van der Waals surface area contributed by atoms with Gasteiger partial charge in [0.05, 0.1) is 6.10 Å². The van der Waals surface area contributed by atoms with Gasteiger partial charge in [0, 0.05) is 30.4 Å². The number of hydrogen-bond donors (Lipinski definition) is 2. The molecule has 1 aromatic carbocycles. The topological polar surface area (TPSA) is 50.4 Å². The Morgan fingerprint density at radius 3 is 3.20 bits per heavy atom. The molecule has 0 radical (unpaired) electrons. The van der Waals surface area contributed by atoms with Crippen LogP contribution in [0.1, 0.15) is 42.1 Å². The van der Waals surface area contributed by atoms with E-state index in [0.717, 1.165) is 44.4 Å². The smallest absolute Gasteiger partial charge is 0.251 e. The second-order valence-corrected chi connectivity index (χ2v) is 5.78. The summed E-state index contributed by atoms with van der Waals surface area (Å²) < 4.78 is 5.51. The molecule has 2 aliphatic heterocycles. The molecule has 4 nitrogen and oxygen atoms in total. The number of carbonyl (C=O) groups excluding carboxylic acids is 1. The van der Waals surface area contributed by atoms with Crippen LogP contribution in [0.2, 0.25) is 0 Å². The Morgan fingerprint density at radius 2 is 2.35 bits per heavy atom. The van der Waals surface area contributed by atoms with E-state index in [1.807, 2.05) is 18.2 Å². The lowest BCUT2D eigenvalue weighted by molar-refractivity contribution is 0.0136. The molecule has 0 spiro atoms. The first kappa shape index (κ1) is 13.4. The number of rotatable bonds is 2. The molecule has 2 unspecified atom stereocenters. The van der Waals surface area contributed by atoms with E-state index in [-0.39, 0.29) is 18.1 Å². The molecular formula is C16H22N2O2. The monoisotopic (exact) mass is 274 g/mol. The minimum atomic E-state index is 0.0393. The van der Waals surface area contributed by atoms with Crippen molar-refractivity contribution in [2.75, 3.05) is 18.5 Å². The first-order valence-corrected chi connectivity index (χ1v) is 7.51. The normalized spacial score (nSPS) is 25.4. The van der Waals surface area contributed by atoms with Gasteiger partial charge in [0.2, 0.25) is 0 Å². The maximum Gasteiger partial charge on any atom is 0.251 e. The highest BCUT2D eigenvalue weighted by Crippen LogP contribution is 2.23. The van der Waals surface area contributed by atoms with E-state index in [1.54, 1.807) is 0 Å². The fraction of sp³-hybridized carbons (Fsp3) is 0.562. The van der Waals surface area contributed by atoms with Crippen molar-refractivity contribution in [1.29, 1.82) is 0 Å². The van der Waals surface area contributed by atoms with Crippen LogP contribution < -0.4 is 10.6 Å². The van der Waals surface area contributed by atoms with E-state index < -0.39 is 0 Å². The molecule has 4 heteroatoms. The van der Waals surface area contributed by atoms with Crippen LogP contribution >= 0.6 is 0 Å². The Balaban J connectivity index is 1.67. The molecule has 2 heterocycles. The van der Waals surface area contributed by atoms with E-state index in [9.17, 15) is 4.79 Å². The number of hydrogen-bond acceptors (Lipinski definition) is 3. The average Bonchev–Trinajstić information content (AvgIpc) is 2.47. The minimum absolute atomic E-state index is 0.0393. The zero-order chi connectivity index (χ0) is 13.9. The molecule has 2 N–H and O–H groups in total. The van der Waals surface area contributed by atoms with Crippen molar-refractivity contribution in [3.05, 3.63) is 29.3 Å². The lowest BCUT2D eigenvalue weighted by Crippen LogP contribution is -2.41. The SMILES string of the molecule is CC1CC(NC(=O)c2ccc3c(c2)CCCN3)CCO1. The molecule has 3 rings (SSSR count). The van der Waals surface area contributed by atoms with Gasteiger partial charge in [-0.15, -0.1) is 0 Å². The van der Waals surface area contributed by atoms with Gasteiger partial charge < -0.3 is 15.4 Å². The summed E-state index contributed by atoms with van der Waals surface area (Å²) in [6, 6.07) is 6.20. The molecule has 108 valence electrons. The quantitative estimate of drug-likeness (QED) is 0.870. The van der Waals surface area contributed by atoms with Gasteiger partial charge in [-0.2, -0.15) is 0 Å². The minimum Gasteiger partial charge on any atom is -0.385 e. The van der Waals surface area contributed by atoms with Crippen molar-refractivity contribution >= 4 is 11.6 Å². The number of fused-ring (bicyclic) bond motifs is 1. The summed E-state index contributed by atoms with van der Waals surface area (Å²) in [5.74, 6) is 0.0393. The number of amides is 1. The first-order chi connectivity index (χ1) is 9.72. The zero-order valence-electron chi connectivity index (χ0n) is 11.9. The van der Waals surface area contributed by atoms with Gasteiger partial charge in [-0.1, -0.05) is 0 Å². The molecule has 0 aromatic heterocycles. The van der Waals surface area contributed by atoms with Crippen molar-refractivity contribution in [1.82, 2.24) is 5.32 Å². The molecule has 0 saturated carbocycles. The number of aryl methyl sites for hydroxylation is 1. The Morgan fingerprint density at radius 1 is 1.45 bits per heavy atom. The Hall–Kier alpha value is -1.55. The summed E-state index contributed by atoms with van der Waals surface area (Å²) in [4.78, 5) is 12.3. The van der Waals surface area contributed by atoms with E-state index in [4.69, 9.17) is 4.74 Å². The van der Waals surface area contributed by atoms with Crippen LogP contribution in [0.25, 0.3) is 0 Å². The third kappa shape index (κ3) is 2.96. The second kappa shape index (κ2) is 5.83. The van der Waals surface area contributed by atoms with Crippen LogP contribution in [0.15, 0.2) is 18.2 Å². The van der Waals surface area contributed by atoms with Crippen molar-refractivity contribution in [3.8, 4) is 0 Å². The van der Waals surface area contributed by atoms with Crippen LogP contribution in [0.4, 0.5) is 5.69 Å². The molecule has 2 atom stereocenters. The van der Waals surface area contributed by atoms with Crippen molar-refractivity contribution in [2.45, 2.75) is 44.8 Å². The van der Waals surface area contributed by atoms with E-state index in [0.29, 0.717) is 0 Å². The number of anilines is 1. The van der Waals surface area contributed by atoms with Crippen molar-refractivity contribution in [3.63, 3.8) is 0 Å². The summed E-state index contributed by atoms with van der Waals surface area (Å²) in [7, 11) is 0. The molecule has 2 aliphatic rings. The highest BCUT2D eigenvalue weighted by molar-refractivity contribution is 5.95. The van der Waals surface area contributed by atoms with Gasteiger partial charge in [-0.3, -0.25) is 4.79 Å². The standard InChI is InChI=1S/C16H22N2O2/c1-11-9-14(6-8-20-11)18-16(19)13-4-5-15-12(10-13)3-2-7-17-15/h4-5,10-11,14,17H,2-3,6-9H2,1H3,(H,18,19). The predicted molar refractivity (Wildman–Crippen MR) is 79.2 cm³/mol. The zero-order valence-corrected chi connectivity index (χ0v) is 11.9. The highest BCUT2D eigenvalue weighted by atomic mass is 16.5. The summed E-state index contributed by atoms with van der Waals surface area (Å²) in [5, 5.41) is 6.50.